The highest BCUT2D eigenvalue weighted by Gasteiger charge is 2.28. The summed E-state index contributed by atoms with van der Waals surface area (Å²) < 4.78 is 10.5. The summed E-state index contributed by atoms with van der Waals surface area (Å²) in [6.45, 7) is 2.16. The molecular weight excluding hydrogens is 170 g/mol. The highest BCUT2D eigenvalue weighted by molar-refractivity contribution is 6.14. The number of nitrogens with two attached hydrogens (primary N) is 1. The van der Waals surface area contributed by atoms with Gasteiger partial charge in [0.05, 0.1) is 16.3 Å². The first-order chi connectivity index (χ1) is 5.58. The van der Waals surface area contributed by atoms with Gasteiger partial charge in [0.25, 0.3) is 0 Å². The first-order valence-corrected chi connectivity index (χ1v) is 5.45. The Balaban J connectivity index is 3.95. The van der Waals surface area contributed by atoms with E-state index in [2.05, 4.69) is 6.92 Å². The van der Waals surface area contributed by atoms with Gasteiger partial charge in [-0.3, -0.25) is 0 Å². The number of hydrogen-bond donors (Lipinski definition) is 1. The third-order valence-corrected chi connectivity index (χ3v) is 3.24. The summed E-state index contributed by atoms with van der Waals surface area (Å²) >= 11 is 0. The monoisotopic (exact) mass is 191 g/mol. The van der Waals surface area contributed by atoms with Crippen LogP contribution in [-0.4, -0.2) is 35.9 Å². The van der Waals surface area contributed by atoms with Crippen LogP contribution in [0.5, 0.6) is 0 Å². The smallest absolute Gasteiger partial charge is 0.117 e. The number of methoxy groups -OCH3 is 2. The van der Waals surface area contributed by atoms with Crippen molar-refractivity contribution in [2.45, 2.75) is 37.6 Å². The normalized spacial score (nSPS) is 19.0. The summed E-state index contributed by atoms with van der Waals surface area (Å²) in [5.41, 5.74) is 5.93. The van der Waals surface area contributed by atoms with E-state index in [1.165, 1.54) is 6.42 Å². The molecule has 3 nitrogen and oxygen atoms in total. The van der Waals surface area contributed by atoms with Crippen LogP contribution < -0.4 is 5.73 Å². The highest BCUT2D eigenvalue weighted by Crippen LogP contribution is 2.14. The van der Waals surface area contributed by atoms with Gasteiger partial charge in [-0.25, -0.2) is 0 Å². The maximum absolute atomic E-state index is 5.93. The minimum atomic E-state index is -0.524. The summed E-state index contributed by atoms with van der Waals surface area (Å²) in [5.74, 6) is 0. The Kier molecular flexibility index (Phi) is 5.74. The van der Waals surface area contributed by atoms with Gasteiger partial charge < -0.3 is 15.2 Å². The first-order valence-electron chi connectivity index (χ1n) is 4.45. The lowest BCUT2D eigenvalue weighted by Crippen LogP contribution is -2.53. The molecule has 0 spiro atoms. The van der Waals surface area contributed by atoms with Crippen molar-refractivity contribution >= 4 is 10.2 Å². The van der Waals surface area contributed by atoms with Crippen LogP contribution >= 0.6 is 0 Å². The second-order valence-corrected chi connectivity index (χ2v) is 4.82. The van der Waals surface area contributed by atoms with Crippen LogP contribution in [0.25, 0.3) is 0 Å². The summed E-state index contributed by atoms with van der Waals surface area (Å²) in [7, 11) is 4.13. The minimum Gasteiger partial charge on any atom is -0.377 e. The van der Waals surface area contributed by atoms with Crippen LogP contribution in [0.15, 0.2) is 0 Å². The van der Waals surface area contributed by atoms with E-state index in [4.69, 9.17) is 15.2 Å². The van der Waals surface area contributed by atoms with Crippen molar-refractivity contribution in [1.29, 1.82) is 0 Å². The predicted octanol–water partition coefficient (Wildman–Crippen LogP) is -0.184. The van der Waals surface area contributed by atoms with Gasteiger partial charge in [0.15, 0.2) is 0 Å². The predicted molar refractivity (Wildman–Crippen MR) is 54.2 cm³/mol. The van der Waals surface area contributed by atoms with Crippen LogP contribution in [0, 0.1) is 0 Å². The first kappa shape index (κ1) is 12.1. The second-order valence-electron chi connectivity index (χ2n) is 3.25. The fraction of sp³-hybridized carbons (Fsp3) is 1.00. The quantitative estimate of drug-likeness (QED) is 0.468. The van der Waals surface area contributed by atoms with Crippen LogP contribution in [-0.2, 0) is 9.47 Å². The average Bonchev–Trinajstić information content (AvgIpc) is 2.05. The zero-order valence-corrected chi connectivity index (χ0v) is 10.6. The van der Waals surface area contributed by atoms with E-state index < -0.39 is 5.35 Å². The van der Waals surface area contributed by atoms with E-state index in [9.17, 15) is 0 Å². The Morgan fingerprint density at radius 2 is 2.08 bits per heavy atom. The van der Waals surface area contributed by atoms with E-state index in [0.717, 1.165) is 23.1 Å². The fourth-order valence-electron chi connectivity index (χ4n) is 1.16. The largest absolute Gasteiger partial charge is 0.377 e. The third kappa shape index (κ3) is 3.67. The summed E-state index contributed by atoms with van der Waals surface area (Å²) in [6, 6.07) is 0. The number of rotatable bonds is 6. The Hall–Kier alpha value is 0.0969. The van der Waals surface area contributed by atoms with Gasteiger partial charge >= 0.3 is 0 Å². The molecule has 0 aliphatic heterocycles. The van der Waals surface area contributed by atoms with E-state index in [1.54, 1.807) is 14.2 Å². The molecule has 0 aromatic heterocycles. The molecule has 0 aliphatic carbocycles. The van der Waals surface area contributed by atoms with Gasteiger partial charge in [-0.05, 0) is 6.42 Å². The molecule has 0 saturated carbocycles. The molecule has 0 aromatic carbocycles. The molecule has 4 heteroatoms. The van der Waals surface area contributed by atoms with Crippen molar-refractivity contribution in [1.82, 2.24) is 0 Å². The topological polar surface area (TPSA) is 44.5 Å². The maximum atomic E-state index is 5.93. The Labute approximate surface area is 78.0 Å². The summed E-state index contributed by atoms with van der Waals surface area (Å²) in [4.78, 5) is 0. The molecule has 2 atom stereocenters. The zero-order chi connectivity index (χ0) is 9.61. The van der Waals surface area contributed by atoms with Crippen LogP contribution in [0.1, 0.15) is 26.2 Å². The van der Waals surface area contributed by atoms with Crippen molar-refractivity contribution in [2.24, 2.45) is 5.73 Å². The molecule has 0 amide bonds. The standard InChI is InChI=1S/C8H21NO2Si/c1-4-5-6-7(10-2)8(9,12)11-3/h7H,4-6,9H2,1-3,12H3. The minimum absolute atomic E-state index is 0.0501. The molecule has 2 unspecified atom stereocenters. The average molecular weight is 191 g/mol. The van der Waals surface area contributed by atoms with Crippen molar-refractivity contribution in [3.8, 4) is 0 Å². The molecule has 74 valence electrons. The van der Waals surface area contributed by atoms with Gasteiger partial charge in [0.1, 0.15) is 5.35 Å². The SMILES string of the molecule is CCCCC(OC)C(N)([SiH3])OC. The van der Waals surface area contributed by atoms with E-state index in [0.29, 0.717) is 0 Å². The lowest BCUT2D eigenvalue weighted by molar-refractivity contribution is -0.0651. The Morgan fingerprint density at radius 1 is 1.50 bits per heavy atom. The lowest BCUT2D eigenvalue weighted by Gasteiger charge is -2.31. The van der Waals surface area contributed by atoms with E-state index in [-0.39, 0.29) is 6.10 Å². The fourth-order valence-corrected chi connectivity index (χ4v) is 1.68. The molecule has 12 heavy (non-hydrogen) atoms. The van der Waals surface area contributed by atoms with Gasteiger partial charge in [0.2, 0.25) is 0 Å². The Bertz CT molecular complexity index is 120. The van der Waals surface area contributed by atoms with Crippen molar-refractivity contribution in [2.75, 3.05) is 14.2 Å². The van der Waals surface area contributed by atoms with Gasteiger partial charge in [-0.2, -0.15) is 0 Å². The molecule has 2 N–H and O–H groups in total. The van der Waals surface area contributed by atoms with Gasteiger partial charge in [0, 0.05) is 14.2 Å². The molecule has 0 heterocycles. The van der Waals surface area contributed by atoms with Gasteiger partial charge in [-0.15, -0.1) is 0 Å². The molecule has 0 bridgehead atoms. The Morgan fingerprint density at radius 3 is 2.42 bits per heavy atom. The molecule has 0 saturated heterocycles. The molecule has 0 rings (SSSR count). The second kappa shape index (κ2) is 5.69. The summed E-state index contributed by atoms with van der Waals surface area (Å²) in [6.07, 6.45) is 3.35. The van der Waals surface area contributed by atoms with Crippen molar-refractivity contribution < 1.29 is 9.47 Å². The number of unbranched alkanes of at least 4 members (excludes halogenated alkanes) is 1. The highest BCUT2D eigenvalue weighted by atomic mass is 28.1. The van der Waals surface area contributed by atoms with E-state index in [1.807, 2.05) is 0 Å². The lowest BCUT2D eigenvalue weighted by atomic mass is 10.1. The van der Waals surface area contributed by atoms with Crippen molar-refractivity contribution in [3.63, 3.8) is 0 Å². The van der Waals surface area contributed by atoms with Crippen molar-refractivity contribution in [3.05, 3.63) is 0 Å². The maximum Gasteiger partial charge on any atom is 0.117 e. The number of hydrogen-bond acceptors (Lipinski definition) is 3. The zero-order valence-electron chi connectivity index (χ0n) is 8.59. The molecule has 0 fully saturated rings. The third-order valence-electron chi connectivity index (χ3n) is 2.18. The van der Waals surface area contributed by atoms with Gasteiger partial charge in [-0.1, -0.05) is 19.8 Å². The summed E-state index contributed by atoms with van der Waals surface area (Å²) in [5, 5.41) is -0.524. The molecular formula is C8H21NO2Si. The van der Waals surface area contributed by atoms with E-state index >= 15 is 0 Å². The van der Waals surface area contributed by atoms with Crippen LogP contribution in [0.3, 0.4) is 0 Å². The van der Waals surface area contributed by atoms with Crippen LogP contribution in [0.4, 0.5) is 0 Å². The number of ether oxygens (including phenoxy) is 2. The molecule has 0 radical (unpaired) electrons. The molecule has 0 aromatic rings. The van der Waals surface area contributed by atoms with Crippen LogP contribution in [0.2, 0.25) is 0 Å². The molecule has 0 aliphatic rings.